The van der Waals surface area contributed by atoms with Gasteiger partial charge >= 0.3 is 5.97 Å². The first-order valence-electron chi connectivity index (χ1n) is 23.3. The van der Waals surface area contributed by atoms with Crippen LogP contribution in [-0.4, -0.2) is 221 Å². The van der Waals surface area contributed by atoms with Gasteiger partial charge < -0.3 is 95.1 Å². The smallest absolute Gasteiger partial charge is 0.332 e. The molecule has 27 heteroatoms. The molecule has 0 radical (unpaired) electrons. The van der Waals surface area contributed by atoms with Crippen molar-refractivity contribution in [2.24, 2.45) is 5.92 Å². The monoisotopic (exact) mass is 1020 g/mol. The van der Waals surface area contributed by atoms with Gasteiger partial charge in [0.25, 0.3) is 0 Å². The summed E-state index contributed by atoms with van der Waals surface area (Å²) in [4.78, 5) is 51.8. The minimum atomic E-state index is -1.84. The number of aliphatic hydroxyl groups is 8. The number of hydrogen-bond donors (Lipinski definition) is 12. The van der Waals surface area contributed by atoms with Gasteiger partial charge in [-0.1, -0.05) is 30.7 Å². The number of aliphatic carboxylic acids is 1. The molecule has 1 aliphatic carbocycles. The SMILES string of the molecule is CCC[C@H](OC1C(NC(C)=O)[C@H](O[C@@H]2CC(C(=O)NCCO[C@H]3OC(CO)[C@@H](O)C(n4cc(-c5cccc(F)c5)nn4)C3O)CC(NC(C)=O)C2O[C@@H]2OC(C)[C@@H](O)C(O)C2O)OC(CO)[C@@H]1O)C(=O)O. The van der Waals surface area contributed by atoms with Gasteiger partial charge in [0, 0.05) is 31.9 Å². The number of nitrogens with one attached hydrogen (secondary N) is 3. The zero-order valence-electron chi connectivity index (χ0n) is 39.3. The Bertz CT molecular complexity index is 2090. The Balaban J connectivity index is 1.22. The summed E-state index contributed by atoms with van der Waals surface area (Å²) in [5.41, 5.74) is 0.590. The first-order valence-corrected chi connectivity index (χ1v) is 23.3. The van der Waals surface area contributed by atoms with Crippen molar-refractivity contribution in [3.8, 4) is 11.3 Å². The third kappa shape index (κ3) is 13.4. The molecule has 20 atom stereocenters. The Hall–Kier alpha value is -4.43. The summed E-state index contributed by atoms with van der Waals surface area (Å²) >= 11 is 0. The molecular weight excluding hydrogens is 952 g/mol. The molecule has 26 nitrogen and oxygen atoms in total. The highest BCUT2D eigenvalue weighted by molar-refractivity contribution is 5.79. The van der Waals surface area contributed by atoms with Gasteiger partial charge in [0.15, 0.2) is 25.0 Å². The highest BCUT2D eigenvalue weighted by Crippen LogP contribution is 2.37. The van der Waals surface area contributed by atoms with Crippen LogP contribution in [-0.2, 0) is 52.3 Å². The lowest BCUT2D eigenvalue weighted by atomic mass is 9.80. The maximum atomic E-state index is 14.1. The van der Waals surface area contributed by atoms with Crippen LogP contribution in [0.2, 0.25) is 0 Å². The van der Waals surface area contributed by atoms with E-state index >= 15 is 0 Å². The van der Waals surface area contributed by atoms with E-state index in [4.69, 9.17) is 33.2 Å². The Morgan fingerprint density at radius 2 is 1.54 bits per heavy atom. The van der Waals surface area contributed by atoms with E-state index in [0.717, 1.165) is 11.6 Å². The summed E-state index contributed by atoms with van der Waals surface area (Å²) < 4.78 is 56.9. The molecule has 3 amide bonds. The fourth-order valence-corrected chi connectivity index (χ4v) is 9.25. The zero-order chi connectivity index (χ0) is 51.8. The number of rotatable bonds is 20. The van der Waals surface area contributed by atoms with Crippen LogP contribution in [0.5, 0.6) is 0 Å². The van der Waals surface area contributed by atoms with Crippen molar-refractivity contribution in [2.75, 3.05) is 26.4 Å². The van der Waals surface area contributed by atoms with Crippen LogP contribution >= 0.6 is 0 Å². The first kappa shape index (κ1) is 55.9. The summed E-state index contributed by atoms with van der Waals surface area (Å²) in [7, 11) is 0. The number of carbonyl (C=O) groups excluding carboxylic acids is 3. The molecule has 12 unspecified atom stereocenters. The number of nitrogens with zero attached hydrogens (tertiary/aromatic N) is 3. The Kier molecular flexibility index (Phi) is 19.7. The normalized spacial score (nSPS) is 36.9. The van der Waals surface area contributed by atoms with Crippen molar-refractivity contribution in [3.63, 3.8) is 0 Å². The van der Waals surface area contributed by atoms with Crippen LogP contribution in [0.4, 0.5) is 4.39 Å². The second-order valence-corrected chi connectivity index (χ2v) is 18.0. The van der Waals surface area contributed by atoms with E-state index in [2.05, 4.69) is 26.3 Å². The topological polar surface area (TPSA) is 382 Å². The minimum Gasteiger partial charge on any atom is -0.479 e. The van der Waals surface area contributed by atoms with Crippen LogP contribution < -0.4 is 16.0 Å². The highest BCUT2D eigenvalue weighted by Gasteiger charge is 2.53. The van der Waals surface area contributed by atoms with Crippen molar-refractivity contribution in [1.29, 1.82) is 0 Å². The maximum absolute atomic E-state index is 14.1. The fourth-order valence-electron chi connectivity index (χ4n) is 9.25. The molecule has 2 aromatic rings. The molecule has 3 saturated heterocycles. The van der Waals surface area contributed by atoms with Gasteiger partial charge in [-0.3, -0.25) is 14.4 Å². The molecule has 1 saturated carbocycles. The molecule has 4 aliphatic rings. The van der Waals surface area contributed by atoms with E-state index < -0.39 is 165 Å². The second-order valence-electron chi connectivity index (χ2n) is 18.0. The van der Waals surface area contributed by atoms with Gasteiger partial charge in [0.05, 0.1) is 44.3 Å². The van der Waals surface area contributed by atoms with Gasteiger partial charge in [-0.15, -0.1) is 5.10 Å². The number of carboxylic acids is 1. The number of carbonyl (C=O) groups is 4. The Morgan fingerprint density at radius 1 is 0.845 bits per heavy atom. The predicted molar refractivity (Wildman–Crippen MR) is 234 cm³/mol. The van der Waals surface area contributed by atoms with Crippen molar-refractivity contribution in [2.45, 2.75) is 170 Å². The standard InChI is InChI=1S/C44H65FN6O20/c1-5-7-26(41(63)64)67-39-30(48-20(4)55)42(69-29(17-53)34(39)58)68-27-14-22(13-24(47-19(3)54)38(27)71-44-37(61)36(60)32(56)18(2)66-44)40(62)46-10-11-65-43-35(59)31(33(57)28(16-52)70-43)51-15-25(49-50-51)21-8-6-9-23(45)12-21/h6,8-9,12,15,18,22,24,26-39,42-44,52-53,56-61H,5,7,10-11,13-14,16-17H2,1-4H3,(H,46,62)(H,47,54)(H,48,55)(H,63,64)/t18?,22?,24?,26-,27+,28?,29?,30?,31?,32+,33+,34-,35?,36?,37?,38?,39?,42+,43-,44-/m0/s1. The largest absolute Gasteiger partial charge is 0.479 e. The number of halogens is 1. The average molecular weight is 1020 g/mol. The quantitative estimate of drug-likeness (QED) is 0.0561. The lowest BCUT2D eigenvalue weighted by molar-refractivity contribution is -0.335. The van der Waals surface area contributed by atoms with E-state index in [1.165, 1.54) is 38.2 Å². The van der Waals surface area contributed by atoms with E-state index in [-0.39, 0.29) is 38.1 Å². The van der Waals surface area contributed by atoms with Gasteiger partial charge in [0.2, 0.25) is 17.7 Å². The molecule has 1 aromatic heterocycles. The first-order chi connectivity index (χ1) is 33.8. The molecule has 6 rings (SSSR count). The molecular formula is C44H65FN6O20. The molecule has 71 heavy (non-hydrogen) atoms. The Morgan fingerprint density at radius 3 is 2.18 bits per heavy atom. The van der Waals surface area contributed by atoms with Crippen LogP contribution in [0.15, 0.2) is 30.5 Å². The van der Waals surface area contributed by atoms with Gasteiger partial charge in [-0.25, -0.2) is 13.9 Å². The third-order valence-corrected chi connectivity index (χ3v) is 12.8. The van der Waals surface area contributed by atoms with Crippen molar-refractivity contribution in [1.82, 2.24) is 30.9 Å². The molecule has 0 bridgehead atoms. The number of hydrogen-bond acceptors (Lipinski definition) is 21. The number of aromatic nitrogens is 3. The molecule has 4 heterocycles. The number of ether oxygens (including phenoxy) is 7. The van der Waals surface area contributed by atoms with Crippen LogP contribution in [0, 0.1) is 11.7 Å². The number of aliphatic hydroxyl groups excluding tert-OH is 8. The molecule has 0 spiro atoms. The van der Waals surface area contributed by atoms with Crippen LogP contribution in [0.25, 0.3) is 11.3 Å². The lowest BCUT2D eigenvalue weighted by Crippen LogP contribution is -2.68. The molecule has 1 aromatic carbocycles. The van der Waals surface area contributed by atoms with E-state index in [9.17, 15) is 69.5 Å². The fraction of sp³-hybridized carbons (Fsp3) is 0.727. The van der Waals surface area contributed by atoms with Crippen molar-refractivity contribution < 1.29 is 103 Å². The Labute approximate surface area is 406 Å². The van der Waals surface area contributed by atoms with E-state index in [1.807, 2.05) is 0 Å². The number of amides is 3. The molecule has 3 aliphatic heterocycles. The minimum absolute atomic E-state index is 0.00685. The van der Waals surface area contributed by atoms with Gasteiger partial charge in [-0.2, -0.15) is 0 Å². The second kappa shape index (κ2) is 25.0. The molecule has 12 N–H and O–H groups in total. The maximum Gasteiger partial charge on any atom is 0.332 e. The predicted octanol–water partition coefficient (Wildman–Crippen LogP) is -4.07. The summed E-state index contributed by atoms with van der Waals surface area (Å²) in [6, 6.07) is 1.63. The van der Waals surface area contributed by atoms with E-state index in [1.54, 1.807) is 13.0 Å². The van der Waals surface area contributed by atoms with Gasteiger partial charge in [-0.05, 0) is 38.3 Å². The zero-order valence-corrected chi connectivity index (χ0v) is 39.3. The summed E-state index contributed by atoms with van der Waals surface area (Å²) in [5.74, 6) is -4.88. The van der Waals surface area contributed by atoms with Crippen LogP contribution in [0.3, 0.4) is 0 Å². The summed E-state index contributed by atoms with van der Waals surface area (Å²) in [5, 5.41) is 112. The average Bonchev–Trinajstić information content (AvgIpc) is 3.81. The highest BCUT2D eigenvalue weighted by atomic mass is 19.1. The van der Waals surface area contributed by atoms with Crippen molar-refractivity contribution in [3.05, 3.63) is 36.3 Å². The summed E-state index contributed by atoms with van der Waals surface area (Å²) in [6.45, 7) is 3.35. The summed E-state index contributed by atoms with van der Waals surface area (Å²) in [6.07, 6.45) is -23.1. The number of benzene rings is 1. The lowest BCUT2D eigenvalue weighted by Gasteiger charge is -2.49. The van der Waals surface area contributed by atoms with Gasteiger partial charge in [0.1, 0.15) is 84.6 Å². The van der Waals surface area contributed by atoms with Crippen LogP contribution in [0.1, 0.15) is 59.4 Å². The number of carboxylic acid groups (broad SMARTS) is 1. The molecule has 398 valence electrons. The molecule has 4 fully saturated rings. The third-order valence-electron chi connectivity index (χ3n) is 12.8. The van der Waals surface area contributed by atoms with Crippen molar-refractivity contribution >= 4 is 23.7 Å². The van der Waals surface area contributed by atoms with E-state index in [0.29, 0.717) is 12.0 Å².